The highest BCUT2D eigenvalue weighted by Gasteiger charge is 2.39. The molecule has 1 heterocycles. The van der Waals surface area contributed by atoms with Crippen LogP contribution in [-0.4, -0.2) is 54.0 Å². The summed E-state index contributed by atoms with van der Waals surface area (Å²) in [5.74, 6) is 0.208. The minimum atomic E-state index is -0.0955. The predicted molar refractivity (Wildman–Crippen MR) is 73.3 cm³/mol. The summed E-state index contributed by atoms with van der Waals surface area (Å²) in [5, 5.41) is 0. The second-order valence-electron chi connectivity index (χ2n) is 5.91. The van der Waals surface area contributed by atoms with Gasteiger partial charge in [-0.2, -0.15) is 0 Å². The van der Waals surface area contributed by atoms with E-state index in [4.69, 9.17) is 5.73 Å². The third-order valence-electron chi connectivity index (χ3n) is 4.54. The molecule has 0 radical (unpaired) electrons. The monoisotopic (exact) mass is 253 g/mol. The smallest absolute Gasteiger partial charge is 0.241 e. The van der Waals surface area contributed by atoms with E-state index in [2.05, 4.69) is 11.8 Å². The first-order valence-corrected chi connectivity index (χ1v) is 7.37. The maximum absolute atomic E-state index is 12.2. The van der Waals surface area contributed by atoms with E-state index in [1.54, 1.807) is 0 Å². The number of nitrogens with zero attached hydrogens (tertiary/aromatic N) is 2. The number of nitrogens with two attached hydrogens (primary N) is 1. The highest BCUT2D eigenvalue weighted by atomic mass is 16.2. The molecule has 2 unspecified atom stereocenters. The van der Waals surface area contributed by atoms with Gasteiger partial charge < -0.3 is 10.6 Å². The van der Waals surface area contributed by atoms with Crippen LogP contribution >= 0.6 is 0 Å². The lowest BCUT2D eigenvalue weighted by Gasteiger charge is -2.47. The zero-order valence-electron chi connectivity index (χ0n) is 11.8. The third-order valence-corrected chi connectivity index (χ3v) is 4.54. The van der Waals surface area contributed by atoms with E-state index in [0.717, 1.165) is 6.54 Å². The molecule has 18 heavy (non-hydrogen) atoms. The van der Waals surface area contributed by atoms with Crippen LogP contribution in [-0.2, 0) is 4.79 Å². The molecule has 0 aromatic rings. The predicted octanol–water partition coefficient (Wildman–Crippen LogP) is 1.20. The van der Waals surface area contributed by atoms with Crippen LogP contribution in [0.5, 0.6) is 0 Å². The Morgan fingerprint density at radius 2 is 1.83 bits per heavy atom. The Labute approximate surface area is 110 Å². The summed E-state index contributed by atoms with van der Waals surface area (Å²) < 4.78 is 0. The van der Waals surface area contributed by atoms with Gasteiger partial charge >= 0.3 is 0 Å². The molecule has 4 nitrogen and oxygen atoms in total. The molecule has 0 spiro atoms. The molecule has 1 saturated carbocycles. The zero-order valence-corrected chi connectivity index (χ0v) is 11.8. The Kier molecular flexibility index (Phi) is 4.62. The molecule has 1 aliphatic carbocycles. The van der Waals surface area contributed by atoms with Gasteiger partial charge in [0.1, 0.15) is 6.04 Å². The quantitative estimate of drug-likeness (QED) is 0.752. The summed E-state index contributed by atoms with van der Waals surface area (Å²) in [6.45, 7) is 3.52. The summed E-state index contributed by atoms with van der Waals surface area (Å²) in [7, 11) is 1.89. The average molecular weight is 253 g/mol. The Morgan fingerprint density at radius 1 is 1.22 bits per heavy atom. The van der Waals surface area contributed by atoms with E-state index in [9.17, 15) is 4.79 Å². The molecule has 2 fully saturated rings. The number of carbonyl (C=O) groups excluding carboxylic acids is 1. The fourth-order valence-electron chi connectivity index (χ4n) is 3.66. The first-order valence-electron chi connectivity index (χ1n) is 7.37. The molecular formula is C14H27N3O. The van der Waals surface area contributed by atoms with Crippen molar-refractivity contribution in [3.63, 3.8) is 0 Å². The lowest BCUT2D eigenvalue weighted by Crippen LogP contribution is -2.64. The zero-order chi connectivity index (χ0) is 13.1. The van der Waals surface area contributed by atoms with E-state index in [1.807, 2.05) is 11.9 Å². The van der Waals surface area contributed by atoms with Crippen molar-refractivity contribution < 1.29 is 4.79 Å². The molecule has 2 rings (SSSR count). The van der Waals surface area contributed by atoms with Gasteiger partial charge in [-0.1, -0.05) is 25.7 Å². The molecule has 104 valence electrons. The lowest BCUT2D eigenvalue weighted by atomic mass is 9.98. The van der Waals surface area contributed by atoms with Crippen LogP contribution in [0.15, 0.2) is 0 Å². The van der Waals surface area contributed by atoms with Crippen molar-refractivity contribution in [2.45, 2.75) is 63.6 Å². The number of piperazine rings is 1. The second kappa shape index (κ2) is 6.02. The van der Waals surface area contributed by atoms with E-state index in [1.165, 1.54) is 38.5 Å². The van der Waals surface area contributed by atoms with Gasteiger partial charge in [-0.25, -0.2) is 0 Å². The van der Waals surface area contributed by atoms with Crippen molar-refractivity contribution in [2.75, 3.05) is 20.1 Å². The minimum absolute atomic E-state index is 0.0955. The standard InChI is InChI=1S/C14H27N3O/c1-11-10-16(2)14(18)13(9-15)17(11)12-7-5-3-4-6-8-12/h11-13H,3-10,15H2,1-2H3. The highest BCUT2D eigenvalue weighted by molar-refractivity contribution is 5.82. The van der Waals surface area contributed by atoms with Gasteiger partial charge in [0.25, 0.3) is 0 Å². The van der Waals surface area contributed by atoms with Crippen molar-refractivity contribution in [3.8, 4) is 0 Å². The fourth-order valence-corrected chi connectivity index (χ4v) is 3.66. The molecule has 2 atom stereocenters. The Bertz CT molecular complexity index is 287. The molecule has 0 bridgehead atoms. The number of hydrogen-bond acceptors (Lipinski definition) is 3. The van der Waals surface area contributed by atoms with E-state index < -0.39 is 0 Å². The van der Waals surface area contributed by atoms with Crippen molar-refractivity contribution in [1.82, 2.24) is 9.80 Å². The van der Waals surface area contributed by atoms with E-state index in [0.29, 0.717) is 18.6 Å². The summed E-state index contributed by atoms with van der Waals surface area (Å²) in [4.78, 5) is 16.5. The number of carbonyl (C=O) groups is 1. The molecule has 2 N–H and O–H groups in total. The van der Waals surface area contributed by atoms with Crippen LogP contribution in [0.25, 0.3) is 0 Å². The first-order chi connectivity index (χ1) is 8.65. The van der Waals surface area contributed by atoms with E-state index >= 15 is 0 Å². The third kappa shape index (κ3) is 2.69. The summed E-state index contributed by atoms with van der Waals surface area (Å²) >= 11 is 0. The van der Waals surface area contributed by atoms with Crippen LogP contribution in [0.1, 0.15) is 45.4 Å². The molecule has 0 aromatic carbocycles. The number of hydrogen-bond donors (Lipinski definition) is 1. The minimum Gasteiger partial charge on any atom is -0.343 e. The lowest BCUT2D eigenvalue weighted by molar-refractivity contribution is -0.144. The maximum atomic E-state index is 12.2. The van der Waals surface area contributed by atoms with Gasteiger partial charge in [0, 0.05) is 32.2 Å². The van der Waals surface area contributed by atoms with Gasteiger partial charge in [-0.05, 0) is 19.8 Å². The van der Waals surface area contributed by atoms with Gasteiger partial charge in [0.2, 0.25) is 5.91 Å². The molecule has 4 heteroatoms. The normalized spacial score (nSPS) is 32.6. The van der Waals surface area contributed by atoms with Gasteiger partial charge in [-0.3, -0.25) is 9.69 Å². The summed E-state index contributed by atoms with van der Waals surface area (Å²) in [6.07, 6.45) is 7.76. The number of amides is 1. The first kappa shape index (κ1) is 13.8. The van der Waals surface area contributed by atoms with Crippen molar-refractivity contribution in [1.29, 1.82) is 0 Å². The number of rotatable bonds is 2. The molecule has 1 amide bonds. The molecule has 1 saturated heterocycles. The molecule has 0 aromatic heterocycles. The largest absolute Gasteiger partial charge is 0.343 e. The Hall–Kier alpha value is -0.610. The Balaban J connectivity index is 2.13. The van der Waals surface area contributed by atoms with Crippen LogP contribution < -0.4 is 5.73 Å². The van der Waals surface area contributed by atoms with E-state index in [-0.39, 0.29) is 11.9 Å². The van der Waals surface area contributed by atoms with Crippen LogP contribution in [0.3, 0.4) is 0 Å². The second-order valence-corrected chi connectivity index (χ2v) is 5.91. The van der Waals surface area contributed by atoms with Gasteiger partial charge in [-0.15, -0.1) is 0 Å². The van der Waals surface area contributed by atoms with Crippen molar-refractivity contribution in [3.05, 3.63) is 0 Å². The van der Waals surface area contributed by atoms with Crippen molar-refractivity contribution in [2.24, 2.45) is 5.73 Å². The van der Waals surface area contributed by atoms with Crippen LogP contribution in [0.2, 0.25) is 0 Å². The number of likely N-dealkylation sites (N-methyl/N-ethyl adjacent to an activating group) is 1. The topological polar surface area (TPSA) is 49.6 Å². The summed E-state index contributed by atoms with van der Waals surface area (Å²) in [6, 6.07) is 0.903. The molecule has 2 aliphatic rings. The van der Waals surface area contributed by atoms with Gasteiger partial charge in [0.05, 0.1) is 0 Å². The van der Waals surface area contributed by atoms with Gasteiger partial charge in [0.15, 0.2) is 0 Å². The molecular weight excluding hydrogens is 226 g/mol. The highest BCUT2D eigenvalue weighted by Crippen LogP contribution is 2.27. The SMILES string of the molecule is CC1CN(C)C(=O)C(CN)N1C1CCCCCC1. The summed E-state index contributed by atoms with van der Waals surface area (Å²) in [5.41, 5.74) is 5.87. The van der Waals surface area contributed by atoms with Crippen molar-refractivity contribution >= 4 is 5.91 Å². The maximum Gasteiger partial charge on any atom is 0.241 e. The fraction of sp³-hybridized carbons (Fsp3) is 0.929. The van der Waals surface area contributed by atoms with Crippen LogP contribution in [0, 0.1) is 0 Å². The molecule has 1 aliphatic heterocycles. The Morgan fingerprint density at radius 3 is 2.39 bits per heavy atom. The van der Waals surface area contributed by atoms with Crippen LogP contribution in [0.4, 0.5) is 0 Å². The average Bonchev–Trinajstić information content (AvgIpc) is 2.62.